The average molecular weight is 488 g/mol. The van der Waals surface area contributed by atoms with E-state index in [1.165, 1.54) is 42.5 Å². The summed E-state index contributed by atoms with van der Waals surface area (Å²) in [7, 11) is 0. The number of aryl methyl sites for hydroxylation is 1. The second-order valence-electron chi connectivity index (χ2n) is 8.54. The molecule has 0 unspecified atom stereocenters. The molecule has 8 nitrogen and oxygen atoms in total. The molecule has 2 heterocycles. The highest BCUT2D eigenvalue weighted by Crippen LogP contribution is 2.25. The number of fused-ring (bicyclic) bond motifs is 2. The lowest BCUT2D eigenvalue weighted by Gasteiger charge is -2.24. The molecule has 1 amide bonds. The van der Waals surface area contributed by atoms with Crippen LogP contribution in [0.15, 0.2) is 47.3 Å². The maximum atomic E-state index is 13.3. The number of rotatable bonds is 5. The number of hydrogen-bond donors (Lipinski definition) is 0. The Balaban J connectivity index is 1.73. The van der Waals surface area contributed by atoms with Crippen molar-refractivity contribution in [2.75, 3.05) is 6.54 Å². The summed E-state index contributed by atoms with van der Waals surface area (Å²) in [5.41, 5.74) is -0.473. The Morgan fingerprint density at radius 3 is 2.60 bits per heavy atom. The number of benzene rings is 2. The Kier molecular flexibility index (Phi) is 6.86. The van der Waals surface area contributed by atoms with E-state index in [0.717, 1.165) is 25.7 Å². The second kappa shape index (κ2) is 9.85. The van der Waals surface area contributed by atoms with Gasteiger partial charge in [-0.1, -0.05) is 31.0 Å². The van der Waals surface area contributed by atoms with Crippen molar-refractivity contribution in [2.24, 2.45) is 0 Å². The molecule has 4 rings (SSSR count). The molecule has 11 heteroatoms. The van der Waals surface area contributed by atoms with E-state index in [1.807, 2.05) is 0 Å². The van der Waals surface area contributed by atoms with E-state index in [0.29, 0.717) is 23.7 Å². The zero-order chi connectivity index (χ0) is 25.2. The van der Waals surface area contributed by atoms with Crippen LogP contribution in [-0.2, 0) is 19.5 Å². The Morgan fingerprint density at radius 2 is 1.86 bits per heavy atom. The van der Waals surface area contributed by atoms with Gasteiger partial charge in [-0.25, -0.2) is 4.98 Å². The van der Waals surface area contributed by atoms with Gasteiger partial charge in [-0.2, -0.15) is 13.2 Å². The fourth-order valence-corrected chi connectivity index (χ4v) is 4.35. The number of amides is 1. The molecular formula is C24H23F3N4O4. The molecule has 1 aliphatic heterocycles. The van der Waals surface area contributed by atoms with Crippen LogP contribution in [0.25, 0.3) is 10.9 Å². The van der Waals surface area contributed by atoms with Crippen molar-refractivity contribution >= 4 is 22.5 Å². The third-order valence-corrected chi connectivity index (χ3v) is 6.02. The molecule has 35 heavy (non-hydrogen) atoms. The Labute approximate surface area is 198 Å². The van der Waals surface area contributed by atoms with Gasteiger partial charge in [0.1, 0.15) is 12.4 Å². The van der Waals surface area contributed by atoms with Crippen LogP contribution in [0.5, 0.6) is 0 Å². The van der Waals surface area contributed by atoms with Crippen molar-refractivity contribution in [3.63, 3.8) is 0 Å². The topological polar surface area (TPSA) is 98.3 Å². The molecule has 0 atom stereocenters. The van der Waals surface area contributed by atoms with Gasteiger partial charge in [0.05, 0.1) is 22.4 Å². The van der Waals surface area contributed by atoms with Crippen LogP contribution < -0.4 is 5.56 Å². The summed E-state index contributed by atoms with van der Waals surface area (Å²) in [4.78, 5) is 41.9. The molecule has 0 saturated heterocycles. The zero-order valence-corrected chi connectivity index (χ0v) is 18.8. The summed E-state index contributed by atoms with van der Waals surface area (Å²) < 4.78 is 41.6. The number of aromatic nitrogens is 2. The predicted molar refractivity (Wildman–Crippen MR) is 122 cm³/mol. The van der Waals surface area contributed by atoms with E-state index in [2.05, 4.69) is 4.98 Å². The van der Waals surface area contributed by atoms with E-state index >= 15 is 0 Å². The van der Waals surface area contributed by atoms with Gasteiger partial charge in [0.15, 0.2) is 0 Å². The summed E-state index contributed by atoms with van der Waals surface area (Å²) in [5, 5.41) is 11.6. The number of nitrogens with zero attached hydrogens (tertiary/aromatic N) is 4. The molecule has 2 aromatic carbocycles. The molecule has 0 bridgehead atoms. The molecule has 0 spiro atoms. The minimum Gasteiger partial charge on any atom is -0.325 e. The van der Waals surface area contributed by atoms with E-state index in [-0.39, 0.29) is 33.3 Å². The highest BCUT2D eigenvalue weighted by atomic mass is 19.4. The quantitative estimate of drug-likeness (QED) is 0.385. The lowest BCUT2D eigenvalue weighted by molar-refractivity contribution is -0.385. The highest BCUT2D eigenvalue weighted by Gasteiger charge is 2.34. The number of halogens is 3. The highest BCUT2D eigenvalue weighted by molar-refractivity contribution is 5.97. The molecule has 0 saturated carbocycles. The molecule has 0 fully saturated rings. The van der Waals surface area contributed by atoms with Crippen LogP contribution >= 0.6 is 0 Å². The Hall–Kier alpha value is -3.76. The fourth-order valence-electron chi connectivity index (χ4n) is 4.35. The third-order valence-electron chi connectivity index (χ3n) is 6.02. The number of carbonyl (C=O) groups excluding carboxylic acids is 1. The minimum absolute atomic E-state index is 0.0198. The van der Waals surface area contributed by atoms with Crippen LogP contribution in [0.4, 0.5) is 18.9 Å². The number of nitro groups is 1. The SMILES string of the molecule is O=C(c1ccc2c(=O)n3c(nc2c1)CCCCCC3)N(Cc1ccccc1[N+](=O)[O-])CC(F)(F)F. The molecular weight excluding hydrogens is 465 g/mol. The normalized spacial score (nSPS) is 14.1. The zero-order valence-electron chi connectivity index (χ0n) is 18.8. The largest absolute Gasteiger partial charge is 0.406 e. The Bertz CT molecular complexity index is 1340. The molecule has 0 radical (unpaired) electrons. The molecule has 184 valence electrons. The Morgan fingerprint density at radius 1 is 1.11 bits per heavy atom. The molecule has 1 aromatic heterocycles. The summed E-state index contributed by atoms with van der Waals surface area (Å²) in [6, 6.07) is 9.37. The van der Waals surface area contributed by atoms with Crippen LogP contribution in [0.3, 0.4) is 0 Å². The van der Waals surface area contributed by atoms with E-state index in [1.54, 1.807) is 4.57 Å². The summed E-state index contributed by atoms with van der Waals surface area (Å²) in [6.07, 6.45) is -0.360. The first-order valence-electron chi connectivity index (χ1n) is 11.3. The number of carbonyl (C=O) groups is 1. The second-order valence-corrected chi connectivity index (χ2v) is 8.54. The summed E-state index contributed by atoms with van der Waals surface area (Å²) in [5.74, 6) is -0.366. The van der Waals surface area contributed by atoms with Crippen molar-refractivity contribution < 1.29 is 22.9 Å². The van der Waals surface area contributed by atoms with E-state index in [9.17, 15) is 32.9 Å². The number of para-hydroxylation sites is 1. The number of hydrogen-bond acceptors (Lipinski definition) is 5. The summed E-state index contributed by atoms with van der Waals surface area (Å²) in [6.45, 7) is -1.64. The van der Waals surface area contributed by atoms with Crippen molar-refractivity contribution in [1.82, 2.24) is 14.5 Å². The van der Waals surface area contributed by atoms with Crippen molar-refractivity contribution in [1.29, 1.82) is 0 Å². The van der Waals surface area contributed by atoms with Crippen molar-refractivity contribution in [3.05, 3.63) is 79.9 Å². The first-order chi connectivity index (χ1) is 16.6. The van der Waals surface area contributed by atoms with Crippen LogP contribution in [-0.4, -0.2) is 38.0 Å². The van der Waals surface area contributed by atoms with Crippen LogP contribution in [0.2, 0.25) is 0 Å². The predicted octanol–water partition coefficient (Wildman–Crippen LogP) is 4.63. The first-order valence-corrected chi connectivity index (χ1v) is 11.3. The number of alkyl halides is 3. The van der Waals surface area contributed by atoms with Gasteiger partial charge in [-0.05, 0) is 31.0 Å². The van der Waals surface area contributed by atoms with Gasteiger partial charge in [0.2, 0.25) is 0 Å². The van der Waals surface area contributed by atoms with Gasteiger partial charge in [-0.3, -0.25) is 24.3 Å². The standard InChI is InChI=1S/C24H23F3N4O4/c25-24(26,27)15-29(14-17-7-4-5-8-20(17)31(34)35)22(32)16-10-11-18-19(13-16)28-21-9-3-1-2-6-12-30(21)23(18)33/h4-5,7-8,10-11,13H,1-3,6,9,12,14-15H2. The fraction of sp³-hybridized carbons (Fsp3) is 0.375. The number of nitro benzene ring substituents is 1. The van der Waals surface area contributed by atoms with Crippen molar-refractivity contribution in [3.8, 4) is 0 Å². The van der Waals surface area contributed by atoms with E-state index in [4.69, 9.17) is 0 Å². The molecule has 0 N–H and O–H groups in total. The monoisotopic (exact) mass is 488 g/mol. The maximum Gasteiger partial charge on any atom is 0.406 e. The average Bonchev–Trinajstić information content (AvgIpc) is 2.78. The van der Waals surface area contributed by atoms with Crippen LogP contribution in [0.1, 0.15) is 47.4 Å². The smallest absolute Gasteiger partial charge is 0.325 e. The molecule has 0 aliphatic carbocycles. The molecule has 3 aromatic rings. The van der Waals surface area contributed by atoms with Gasteiger partial charge < -0.3 is 4.90 Å². The van der Waals surface area contributed by atoms with Gasteiger partial charge in [-0.15, -0.1) is 0 Å². The maximum absolute atomic E-state index is 13.3. The van der Waals surface area contributed by atoms with Crippen LogP contribution in [0, 0.1) is 10.1 Å². The summed E-state index contributed by atoms with van der Waals surface area (Å²) >= 11 is 0. The van der Waals surface area contributed by atoms with Crippen molar-refractivity contribution in [2.45, 2.75) is 51.4 Å². The minimum atomic E-state index is -4.72. The first kappa shape index (κ1) is 24.4. The third kappa shape index (κ3) is 5.50. The lowest BCUT2D eigenvalue weighted by atomic mass is 10.1. The van der Waals surface area contributed by atoms with Gasteiger partial charge in [0, 0.05) is 30.2 Å². The van der Waals surface area contributed by atoms with E-state index < -0.39 is 30.1 Å². The van der Waals surface area contributed by atoms with Gasteiger partial charge in [0.25, 0.3) is 17.2 Å². The van der Waals surface area contributed by atoms with Gasteiger partial charge >= 0.3 is 6.18 Å². The molecule has 1 aliphatic rings. The lowest BCUT2D eigenvalue weighted by Crippen LogP contribution is -2.38.